The summed E-state index contributed by atoms with van der Waals surface area (Å²) in [7, 11) is 0. The van der Waals surface area contributed by atoms with Crippen molar-refractivity contribution < 1.29 is 18.0 Å². The molecular weight excluding hydrogens is 281 g/mol. The summed E-state index contributed by atoms with van der Waals surface area (Å²) in [4.78, 5) is 11.9. The van der Waals surface area contributed by atoms with E-state index in [4.69, 9.17) is 5.26 Å². The van der Waals surface area contributed by atoms with Gasteiger partial charge in [-0.3, -0.25) is 4.79 Å². The van der Waals surface area contributed by atoms with Crippen molar-refractivity contribution in [2.75, 3.05) is 0 Å². The molecule has 114 valence electrons. The van der Waals surface area contributed by atoms with E-state index in [1.807, 2.05) is 6.07 Å². The SMILES string of the molecule is CC(NC(=O)C(C#N)C(C)C)c1ccc(C(F)(F)F)cc1. The molecular formula is C15H17F3N2O. The Morgan fingerprint density at radius 1 is 1.19 bits per heavy atom. The van der Waals surface area contributed by atoms with Gasteiger partial charge in [-0.15, -0.1) is 0 Å². The Kier molecular flexibility index (Phi) is 5.36. The highest BCUT2D eigenvalue weighted by molar-refractivity contribution is 5.81. The molecule has 0 bridgehead atoms. The zero-order valence-electron chi connectivity index (χ0n) is 12.0. The largest absolute Gasteiger partial charge is 0.416 e. The third-order valence-electron chi connectivity index (χ3n) is 3.18. The second-order valence-electron chi connectivity index (χ2n) is 5.20. The molecule has 0 spiro atoms. The number of halogens is 3. The maximum atomic E-state index is 12.5. The third-order valence-corrected chi connectivity index (χ3v) is 3.18. The molecule has 0 heterocycles. The van der Waals surface area contributed by atoms with Crippen molar-refractivity contribution >= 4 is 5.91 Å². The standard InChI is InChI=1S/C15H17F3N2O/c1-9(2)13(8-19)14(21)20-10(3)11-4-6-12(7-5-11)15(16,17)18/h4-7,9-10,13H,1-3H3,(H,20,21). The number of rotatable bonds is 4. The van der Waals surface area contributed by atoms with Gasteiger partial charge in [0, 0.05) is 0 Å². The first kappa shape index (κ1) is 17.0. The summed E-state index contributed by atoms with van der Waals surface area (Å²) in [5, 5.41) is 11.6. The topological polar surface area (TPSA) is 52.9 Å². The zero-order chi connectivity index (χ0) is 16.2. The van der Waals surface area contributed by atoms with Gasteiger partial charge in [0.25, 0.3) is 0 Å². The van der Waals surface area contributed by atoms with Gasteiger partial charge in [-0.2, -0.15) is 18.4 Å². The van der Waals surface area contributed by atoms with Crippen LogP contribution >= 0.6 is 0 Å². The number of carbonyl (C=O) groups excluding carboxylic acids is 1. The molecule has 0 aliphatic heterocycles. The van der Waals surface area contributed by atoms with Crippen LogP contribution in [0.15, 0.2) is 24.3 Å². The molecule has 1 aromatic carbocycles. The molecule has 1 amide bonds. The molecule has 0 saturated heterocycles. The van der Waals surface area contributed by atoms with Crippen molar-refractivity contribution in [3.63, 3.8) is 0 Å². The molecule has 3 nitrogen and oxygen atoms in total. The van der Waals surface area contributed by atoms with Crippen LogP contribution in [-0.2, 0) is 11.0 Å². The highest BCUT2D eigenvalue weighted by Crippen LogP contribution is 2.29. The Balaban J connectivity index is 2.79. The van der Waals surface area contributed by atoms with Gasteiger partial charge in [-0.1, -0.05) is 26.0 Å². The lowest BCUT2D eigenvalue weighted by molar-refractivity contribution is -0.137. The Labute approximate surface area is 121 Å². The molecule has 1 N–H and O–H groups in total. The van der Waals surface area contributed by atoms with E-state index in [1.165, 1.54) is 12.1 Å². The van der Waals surface area contributed by atoms with Crippen LogP contribution in [0.4, 0.5) is 13.2 Å². The highest BCUT2D eigenvalue weighted by Gasteiger charge is 2.30. The minimum absolute atomic E-state index is 0.130. The van der Waals surface area contributed by atoms with E-state index in [-0.39, 0.29) is 5.92 Å². The Bertz CT molecular complexity index is 529. The Morgan fingerprint density at radius 2 is 1.71 bits per heavy atom. The monoisotopic (exact) mass is 298 g/mol. The summed E-state index contributed by atoms with van der Waals surface area (Å²) in [6.45, 7) is 5.18. The Morgan fingerprint density at radius 3 is 2.10 bits per heavy atom. The third kappa shape index (κ3) is 4.48. The molecule has 0 fully saturated rings. The van der Waals surface area contributed by atoms with Crippen LogP contribution in [0.25, 0.3) is 0 Å². The van der Waals surface area contributed by atoms with Crippen molar-refractivity contribution in [3.05, 3.63) is 35.4 Å². The van der Waals surface area contributed by atoms with Crippen molar-refractivity contribution in [3.8, 4) is 6.07 Å². The quantitative estimate of drug-likeness (QED) is 0.922. The Hall–Kier alpha value is -2.03. The van der Waals surface area contributed by atoms with Crippen LogP contribution in [0, 0.1) is 23.2 Å². The van der Waals surface area contributed by atoms with Crippen molar-refractivity contribution in [2.45, 2.75) is 33.0 Å². The maximum Gasteiger partial charge on any atom is 0.416 e. The fourth-order valence-electron chi connectivity index (χ4n) is 1.86. The summed E-state index contributed by atoms with van der Waals surface area (Å²) in [6.07, 6.45) is -4.38. The fraction of sp³-hybridized carbons (Fsp3) is 0.467. The molecule has 21 heavy (non-hydrogen) atoms. The second-order valence-corrected chi connectivity index (χ2v) is 5.20. The minimum atomic E-state index is -4.38. The smallest absolute Gasteiger partial charge is 0.348 e. The lowest BCUT2D eigenvalue weighted by Crippen LogP contribution is -2.34. The van der Waals surface area contributed by atoms with E-state index >= 15 is 0 Å². The molecule has 0 radical (unpaired) electrons. The molecule has 2 atom stereocenters. The van der Waals surface area contributed by atoms with E-state index < -0.39 is 29.6 Å². The number of alkyl halides is 3. The number of hydrogen-bond donors (Lipinski definition) is 1. The average molecular weight is 298 g/mol. The molecule has 2 unspecified atom stereocenters. The van der Waals surface area contributed by atoms with Crippen molar-refractivity contribution in [2.24, 2.45) is 11.8 Å². The fourth-order valence-corrected chi connectivity index (χ4v) is 1.86. The first-order valence-electron chi connectivity index (χ1n) is 6.54. The first-order chi connectivity index (χ1) is 9.66. The lowest BCUT2D eigenvalue weighted by Gasteiger charge is -2.19. The normalized spacial score (nSPS) is 14.4. The number of hydrogen-bond acceptors (Lipinski definition) is 2. The van der Waals surface area contributed by atoms with E-state index in [9.17, 15) is 18.0 Å². The molecule has 0 aliphatic carbocycles. The number of nitrogens with zero attached hydrogens (tertiary/aromatic N) is 1. The number of benzene rings is 1. The van der Waals surface area contributed by atoms with Crippen LogP contribution in [-0.4, -0.2) is 5.91 Å². The van der Waals surface area contributed by atoms with Gasteiger partial charge >= 0.3 is 6.18 Å². The van der Waals surface area contributed by atoms with Gasteiger partial charge < -0.3 is 5.32 Å². The molecule has 0 saturated carbocycles. The summed E-state index contributed by atoms with van der Waals surface area (Å²) < 4.78 is 37.4. The number of carbonyl (C=O) groups is 1. The molecule has 6 heteroatoms. The van der Waals surface area contributed by atoms with Crippen molar-refractivity contribution in [1.82, 2.24) is 5.32 Å². The van der Waals surface area contributed by atoms with E-state index in [0.717, 1.165) is 12.1 Å². The van der Waals surface area contributed by atoms with Gasteiger partial charge in [0.15, 0.2) is 0 Å². The number of amides is 1. The van der Waals surface area contributed by atoms with Gasteiger partial charge in [-0.25, -0.2) is 0 Å². The second kappa shape index (κ2) is 6.61. The summed E-state index contributed by atoms with van der Waals surface area (Å²) in [5.41, 5.74) is -0.182. The van der Waals surface area contributed by atoms with Crippen molar-refractivity contribution in [1.29, 1.82) is 5.26 Å². The van der Waals surface area contributed by atoms with E-state index in [1.54, 1.807) is 20.8 Å². The maximum absolute atomic E-state index is 12.5. The van der Waals surface area contributed by atoms with E-state index in [2.05, 4.69) is 5.32 Å². The number of nitriles is 1. The number of nitrogens with one attached hydrogen (secondary N) is 1. The van der Waals surface area contributed by atoms with E-state index in [0.29, 0.717) is 5.56 Å². The van der Waals surface area contributed by atoms with Gasteiger partial charge in [0.05, 0.1) is 17.7 Å². The molecule has 1 rings (SSSR count). The summed E-state index contributed by atoms with van der Waals surface area (Å²) >= 11 is 0. The minimum Gasteiger partial charge on any atom is -0.348 e. The van der Waals surface area contributed by atoms with Crippen LogP contribution in [0.3, 0.4) is 0 Å². The zero-order valence-corrected chi connectivity index (χ0v) is 12.0. The van der Waals surface area contributed by atoms with Crippen LogP contribution in [0.5, 0.6) is 0 Å². The van der Waals surface area contributed by atoms with Crippen LogP contribution in [0.1, 0.15) is 37.9 Å². The molecule has 1 aromatic rings. The van der Waals surface area contributed by atoms with Crippen LogP contribution in [0.2, 0.25) is 0 Å². The summed E-state index contributed by atoms with van der Waals surface area (Å²) in [6, 6.07) is 6.06. The van der Waals surface area contributed by atoms with Gasteiger partial charge in [0.2, 0.25) is 5.91 Å². The summed E-state index contributed by atoms with van der Waals surface area (Å²) in [5.74, 6) is -1.32. The van der Waals surface area contributed by atoms with Gasteiger partial charge in [0.1, 0.15) is 5.92 Å². The molecule has 0 aromatic heterocycles. The van der Waals surface area contributed by atoms with Crippen LogP contribution < -0.4 is 5.32 Å². The lowest BCUT2D eigenvalue weighted by atomic mass is 9.96. The highest BCUT2D eigenvalue weighted by atomic mass is 19.4. The predicted molar refractivity (Wildman–Crippen MR) is 71.9 cm³/mol. The first-order valence-corrected chi connectivity index (χ1v) is 6.54. The molecule has 0 aliphatic rings. The van der Waals surface area contributed by atoms with Gasteiger partial charge in [-0.05, 0) is 30.5 Å². The average Bonchev–Trinajstić information content (AvgIpc) is 2.38. The predicted octanol–water partition coefficient (Wildman–Crippen LogP) is 3.68.